The molecule has 0 amide bonds. The first-order valence-electron chi connectivity index (χ1n) is 11.1. The van der Waals surface area contributed by atoms with Gasteiger partial charge < -0.3 is 13.4 Å². The van der Waals surface area contributed by atoms with Crippen LogP contribution in [0, 0.1) is 0 Å². The summed E-state index contributed by atoms with van der Waals surface area (Å²) in [4.78, 5) is 0. The molecule has 0 aliphatic rings. The highest BCUT2D eigenvalue weighted by molar-refractivity contribution is 6.22. The number of fused-ring (bicyclic) bond motifs is 10. The second-order valence-electron chi connectivity index (χ2n) is 8.54. The fourth-order valence-corrected chi connectivity index (χ4v) is 5.42. The van der Waals surface area contributed by atoms with E-state index < -0.39 is 0 Å². The number of hydrogen-bond donors (Lipinski definition) is 0. The Morgan fingerprint density at radius 1 is 0.455 bits per heavy atom. The first-order chi connectivity index (χ1) is 16.4. The normalized spacial score (nSPS) is 12.2. The van der Waals surface area contributed by atoms with Crippen LogP contribution in [-0.2, 0) is 0 Å². The molecule has 0 atom stereocenters. The highest BCUT2D eigenvalue weighted by Crippen LogP contribution is 2.42. The van der Waals surface area contributed by atoms with Crippen LogP contribution < -0.4 is 0 Å². The Labute approximate surface area is 188 Å². The van der Waals surface area contributed by atoms with Gasteiger partial charge in [-0.3, -0.25) is 0 Å². The second kappa shape index (κ2) is 6.05. The van der Waals surface area contributed by atoms with Gasteiger partial charge in [-0.25, -0.2) is 0 Å². The van der Waals surface area contributed by atoms with Crippen molar-refractivity contribution >= 4 is 65.7 Å². The topological polar surface area (TPSA) is 31.2 Å². The lowest BCUT2D eigenvalue weighted by Gasteiger charge is -2.09. The Bertz CT molecular complexity index is 2030. The zero-order valence-corrected chi connectivity index (χ0v) is 17.6. The maximum Gasteiger partial charge on any atom is 0.160 e. The van der Waals surface area contributed by atoms with Gasteiger partial charge in [-0.1, -0.05) is 66.7 Å². The van der Waals surface area contributed by atoms with E-state index in [9.17, 15) is 0 Å². The van der Waals surface area contributed by atoms with Gasteiger partial charge in [-0.05, 0) is 36.4 Å². The highest BCUT2D eigenvalue weighted by Gasteiger charge is 2.21. The molecule has 33 heavy (non-hydrogen) atoms. The van der Waals surface area contributed by atoms with Crippen molar-refractivity contribution in [3.63, 3.8) is 0 Å². The molecule has 3 aromatic heterocycles. The highest BCUT2D eigenvalue weighted by atomic mass is 16.3. The predicted octanol–water partition coefficient (Wildman–Crippen LogP) is 8.58. The molecule has 8 aromatic rings. The fraction of sp³-hybridized carbons (Fsp3) is 0. The lowest BCUT2D eigenvalue weighted by atomic mass is 10.1. The molecule has 0 spiro atoms. The summed E-state index contributed by atoms with van der Waals surface area (Å²) < 4.78 is 15.1. The molecule has 0 fully saturated rings. The summed E-state index contributed by atoms with van der Waals surface area (Å²) >= 11 is 0. The van der Waals surface area contributed by atoms with E-state index in [-0.39, 0.29) is 0 Å². The summed E-state index contributed by atoms with van der Waals surface area (Å²) in [5.41, 5.74) is 6.93. The minimum atomic E-state index is 0.886. The number of hydrogen-bond acceptors (Lipinski definition) is 2. The van der Waals surface area contributed by atoms with Crippen LogP contribution in [0.25, 0.3) is 71.4 Å². The van der Waals surface area contributed by atoms with Gasteiger partial charge >= 0.3 is 0 Å². The molecule has 3 heteroatoms. The first kappa shape index (κ1) is 17.1. The van der Waals surface area contributed by atoms with Crippen molar-refractivity contribution in [1.29, 1.82) is 0 Å². The largest absolute Gasteiger partial charge is 0.456 e. The number of furan rings is 2. The van der Waals surface area contributed by atoms with E-state index >= 15 is 0 Å². The lowest BCUT2D eigenvalue weighted by Crippen LogP contribution is -1.94. The monoisotopic (exact) mass is 423 g/mol. The summed E-state index contributed by atoms with van der Waals surface area (Å²) in [5, 5.41) is 6.89. The smallest absolute Gasteiger partial charge is 0.160 e. The van der Waals surface area contributed by atoms with Crippen molar-refractivity contribution in [3.8, 4) is 5.69 Å². The van der Waals surface area contributed by atoms with Crippen molar-refractivity contribution in [2.24, 2.45) is 0 Å². The molecular weight excluding hydrogens is 406 g/mol. The Hall–Kier alpha value is -4.50. The third-order valence-corrected chi connectivity index (χ3v) is 6.80. The molecule has 0 radical (unpaired) electrons. The molecule has 5 aromatic carbocycles. The molecule has 0 saturated heterocycles. The van der Waals surface area contributed by atoms with Crippen LogP contribution in [0.5, 0.6) is 0 Å². The van der Waals surface area contributed by atoms with Crippen LogP contribution in [0.1, 0.15) is 0 Å². The van der Waals surface area contributed by atoms with Gasteiger partial charge in [-0.2, -0.15) is 0 Å². The van der Waals surface area contributed by atoms with Crippen LogP contribution in [0.15, 0.2) is 112 Å². The molecule has 0 aliphatic carbocycles. The molecule has 3 nitrogen and oxygen atoms in total. The molecule has 3 heterocycles. The molecule has 8 rings (SSSR count). The minimum absolute atomic E-state index is 0.886. The van der Waals surface area contributed by atoms with E-state index in [1.807, 2.05) is 30.3 Å². The number of para-hydroxylation sites is 3. The van der Waals surface area contributed by atoms with Crippen molar-refractivity contribution in [2.75, 3.05) is 0 Å². The SMILES string of the molecule is c1ccc2c(c1)oc1c2ccc2c3ccccc3n(-c3cccc4oc5ccccc5c34)c21. The second-order valence-corrected chi connectivity index (χ2v) is 8.54. The van der Waals surface area contributed by atoms with E-state index in [1.165, 1.54) is 10.8 Å². The molecule has 154 valence electrons. The fourth-order valence-electron chi connectivity index (χ4n) is 5.42. The summed E-state index contributed by atoms with van der Waals surface area (Å²) in [6.45, 7) is 0. The molecule has 0 unspecified atom stereocenters. The minimum Gasteiger partial charge on any atom is -0.456 e. The van der Waals surface area contributed by atoms with Crippen molar-refractivity contribution in [1.82, 2.24) is 4.57 Å². The average Bonchev–Trinajstić information content (AvgIpc) is 3.53. The molecule has 0 aliphatic heterocycles. The third kappa shape index (κ3) is 2.14. The average molecular weight is 423 g/mol. The number of aromatic nitrogens is 1. The van der Waals surface area contributed by atoms with Gasteiger partial charge in [0.05, 0.1) is 22.1 Å². The molecule has 0 N–H and O–H groups in total. The summed E-state index contributed by atoms with van der Waals surface area (Å²) in [6.07, 6.45) is 0. The number of rotatable bonds is 1. The van der Waals surface area contributed by atoms with Crippen LogP contribution in [0.4, 0.5) is 0 Å². The van der Waals surface area contributed by atoms with E-state index in [1.54, 1.807) is 0 Å². The van der Waals surface area contributed by atoms with Crippen LogP contribution >= 0.6 is 0 Å². The Morgan fingerprint density at radius 3 is 2.00 bits per heavy atom. The van der Waals surface area contributed by atoms with Crippen LogP contribution in [-0.4, -0.2) is 4.57 Å². The van der Waals surface area contributed by atoms with E-state index in [4.69, 9.17) is 8.83 Å². The van der Waals surface area contributed by atoms with Crippen LogP contribution in [0.3, 0.4) is 0 Å². The van der Waals surface area contributed by atoms with Gasteiger partial charge in [0.15, 0.2) is 5.58 Å². The van der Waals surface area contributed by atoms with E-state index in [0.717, 1.165) is 60.6 Å². The zero-order valence-electron chi connectivity index (χ0n) is 17.6. The van der Waals surface area contributed by atoms with Gasteiger partial charge in [0.2, 0.25) is 0 Å². The standard InChI is InChI=1S/C30H17NO2/c1-4-11-23-18(8-1)20-16-17-21-19-9-2-5-13-25(19)33-30(21)29(20)31(23)24-12-7-15-27-28(24)22-10-3-6-14-26(22)32-27/h1-17H. The Balaban J connectivity index is 1.66. The number of benzene rings is 5. The van der Waals surface area contributed by atoms with Crippen molar-refractivity contribution in [3.05, 3.63) is 103 Å². The Kier molecular flexibility index (Phi) is 3.14. The Morgan fingerprint density at radius 2 is 1.12 bits per heavy atom. The number of nitrogens with zero attached hydrogens (tertiary/aromatic N) is 1. The zero-order chi connectivity index (χ0) is 21.5. The first-order valence-corrected chi connectivity index (χ1v) is 11.1. The molecule has 0 saturated carbocycles. The maximum absolute atomic E-state index is 6.49. The maximum atomic E-state index is 6.49. The lowest BCUT2D eigenvalue weighted by molar-refractivity contribution is 0.668. The molecular formula is C30H17NO2. The van der Waals surface area contributed by atoms with Crippen molar-refractivity contribution < 1.29 is 8.83 Å². The summed E-state index contributed by atoms with van der Waals surface area (Å²) in [6, 6.07) is 35.8. The van der Waals surface area contributed by atoms with Gasteiger partial charge in [-0.15, -0.1) is 0 Å². The van der Waals surface area contributed by atoms with Crippen LogP contribution in [0.2, 0.25) is 0 Å². The van der Waals surface area contributed by atoms with Gasteiger partial charge in [0.1, 0.15) is 16.7 Å². The summed E-state index contributed by atoms with van der Waals surface area (Å²) in [7, 11) is 0. The molecule has 0 bridgehead atoms. The quantitative estimate of drug-likeness (QED) is 0.265. The third-order valence-electron chi connectivity index (χ3n) is 6.80. The predicted molar refractivity (Wildman–Crippen MR) is 135 cm³/mol. The van der Waals surface area contributed by atoms with E-state index in [0.29, 0.717) is 0 Å². The summed E-state index contributed by atoms with van der Waals surface area (Å²) in [5.74, 6) is 0. The van der Waals surface area contributed by atoms with E-state index in [2.05, 4.69) is 77.4 Å². The van der Waals surface area contributed by atoms with Crippen molar-refractivity contribution in [2.45, 2.75) is 0 Å². The van der Waals surface area contributed by atoms with Gasteiger partial charge in [0.25, 0.3) is 0 Å². The van der Waals surface area contributed by atoms with Gasteiger partial charge in [0, 0.05) is 26.9 Å².